The first-order valence-electron chi connectivity index (χ1n) is 4.42. The van der Waals surface area contributed by atoms with Gasteiger partial charge in [0.05, 0.1) is 12.0 Å². The molecular formula is C10H10ClN3O. The largest absolute Gasteiger partial charge is 0.487 e. The topological polar surface area (TPSA) is 63.9 Å². The summed E-state index contributed by atoms with van der Waals surface area (Å²) in [6, 6.07) is 7.14. The van der Waals surface area contributed by atoms with Crippen LogP contribution in [0.4, 0.5) is 5.82 Å². The summed E-state index contributed by atoms with van der Waals surface area (Å²) < 4.78 is 5.48. The first-order valence-corrected chi connectivity index (χ1v) is 4.79. The van der Waals surface area contributed by atoms with Crippen molar-refractivity contribution in [2.75, 3.05) is 5.73 Å². The first kappa shape index (κ1) is 9.86. The number of H-pyrrole nitrogens is 1. The molecule has 5 heteroatoms. The molecule has 78 valence electrons. The molecule has 4 nitrogen and oxygen atoms in total. The van der Waals surface area contributed by atoms with E-state index in [1.54, 1.807) is 24.3 Å². The second-order valence-electron chi connectivity index (χ2n) is 3.01. The number of hydrogen-bond donors (Lipinski definition) is 2. The SMILES string of the molecule is Nc1nc[nH]c1COc1ccc(Cl)cc1. The average molecular weight is 224 g/mol. The quantitative estimate of drug-likeness (QED) is 0.839. The zero-order chi connectivity index (χ0) is 10.7. The fraction of sp³-hybridized carbons (Fsp3) is 0.100. The molecule has 1 aromatic carbocycles. The Morgan fingerprint density at radius 1 is 1.33 bits per heavy atom. The summed E-state index contributed by atoms with van der Waals surface area (Å²) in [6.45, 7) is 0.369. The van der Waals surface area contributed by atoms with Crippen LogP contribution in [-0.2, 0) is 6.61 Å². The minimum absolute atomic E-state index is 0.369. The van der Waals surface area contributed by atoms with E-state index in [0.29, 0.717) is 17.4 Å². The van der Waals surface area contributed by atoms with Crippen molar-refractivity contribution in [3.05, 3.63) is 41.3 Å². The summed E-state index contributed by atoms with van der Waals surface area (Å²) in [6.07, 6.45) is 1.54. The molecule has 0 aliphatic rings. The van der Waals surface area contributed by atoms with Gasteiger partial charge in [-0.3, -0.25) is 0 Å². The monoisotopic (exact) mass is 223 g/mol. The lowest BCUT2D eigenvalue weighted by molar-refractivity contribution is 0.302. The number of nitrogens with two attached hydrogens (primary N) is 1. The number of imidazole rings is 1. The van der Waals surface area contributed by atoms with Crippen molar-refractivity contribution in [1.29, 1.82) is 0 Å². The number of aromatic nitrogens is 2. The molecule has 2 rings (SSSR count). The van der Waals surface area contributed by atoms with Crippen LogP contribution >= 0.6 is 11.6 Å². The van der Waals surface area contributed by atoms with Gasteiger partial charge in [0.1, 0.15) is 18.2 Å². The highest BCUT2D eigenvalue weighted by molar-refractivity contribution is 6.30. The Morgan fingerprint density at radius 2 is 2.07 bits per heavy atom. The lowest BCUT2D eigenvalue weighted by atomic mass is 10.3. The third kappa shape index (κ3) is 2.41. The number of nitrogen functional groups attached to an aromatic ring is 1. The molecule has 15 heavy (non-hydrogen) atoms. The number of anilines is 1. The molecule has 0 saturated heterocycles. The van der Waals surface area contributed by atoms with E-state index >= 15 is 0 Å². The van der Waals surface area contributed by atoms with Gasteiger partial charge in [-0.05, 0) is 24.3 Å². The molecule has 0 radical (unpaired) electrons. The van der Waals surface area contributed by atoms with Crippen molar-refractivity contribution in [1.82, 2.24) is 9.97 Å². The van der Waals surface area contributed by atoms with Crippen molar-refractivity contribution in [2.24, 2.45) is 0 Å². The van der Waals surface area contributed by atoms with E-state index in [-0.39, 0.29) is 0 Å². The number of nitrogens with one attached hydrogen (secondary N) is 1. The summed E-state index contributed by atoms with van der Waals surface area (Å²) >= 11 is 5.74. The lowest BCUT2D eigenvalue weighted by Gasteiger charge is -2.04. The minimum Gasteiger partial charge on any atom is -0.487 e. The van der Waals surface area contributed by atoms with Gasteiger partial charge in [-0.2, -0.15) is 0 Å². The number of rotatable bonds is 3. The molecule has 0 aliphatic carbocycles. The number of ether oxygens (including phenoxy) is 1. The summed E-state index contributed by atoms with van der Waals surface area (Å²) in [5, 5.41) is 0.684. The van der Waals surface area contributed by atoms with Gasteiger partial charge in [-0.15, -0.1) is 0 Å². The molecule has 0 unspecified atom stereocenters. The molecule has 2 aromatic rings. The van der Waals surface area contributed by atoms with Crippen molar-refractivity contribution in [3.63, 3.8) is 0 Å². The second kappa shape index (κ2) is 4.23. The van der Waals surface area contributed by atoms with E-state index in [9.17, 15) is 0 Å². The minimum atomic E-state index is 0.369. The van der Waals surface area contributed by atoms with Crippen LogP contribution < -0.4 is 10.5 Å². The highest BCUT2D eigenvalue weighted by Gasteiger charge is 2.01. The molecule has 1 heterocycles. The van der Waals surface area contributed by atoms with E-state index in [0.717, 1.165) is 11.4 Å². The van der Waals surface area contributed by atoms with Crippen LogP contribution in [0.25, 0.3) is 0 Å². The molecular weight excluding hydrogens is 214 g/mol. The van der Waals surface area contributed by atoms with Gasteiger partial charge in [-0.25, -0.2) is 4.98 Å². The number of benzene rings is 1. The van der Waals surface area contributed by atoms with E-state index in [1.165, 1.54) is 6.33 Å². The van der Waals surface area contributed by atoms with Crippen LogP contribution in [0.5, 0.6) is 5.75 Å². The predicted molar refractivity (Wildman–Crippen MR) is 58.8 cm³/mol. The fourth-order valence-electron chi connectivity index (χ4n) is 1.13. The third-order valence-corrected chi connectivity index (χ3v) is 2.20. The van der Waals surface area contributed by atoms with Gasteiger partial charge in [-0.1, -0.05) is 11.6 Å². The average Bonchev–Trinajstić information content (AvgIpc) is 2.63. The smallest absolute Gasteiger partial charge is 0.148 e. The number of hydrogen-bond acceptors (Lipinski definition) is 3. The van der Waals surface area contributed by atoms with Crippen LogP contribution in [0.1, 0.15) is 5.69 Å². The molecule has 0 fully saturated rings. The molecule has 0 amide bonds. The first-order chi connectivity index (χ1) is 7.25. The third-order valence-electron chi connectivity index (χ3n) is 1.95. The highest BCUT2D eigenvalue weighted by atomic mass is 35.5. The molecule has 0 atom stereocenters. The maximum absolute atomic E-state index is 5.74. The van der Waals surface area contributed by atoms with Crippen LogP contribution in [0, 0.1) is 0 Å². The van der Waals surface area contributed by atoms with Gasteiger partial charge in [0.25, 0.3) is 0 Å². The van der Waals surface area contributed by atoms with Crippen LogP contribution in [0.3, 0.4) is 0 Å². The number of halogens is 1. The maximum atomic E-state index is 5.74. The molecule has 0 aliphatic heterocycles. The Balaban J connectivity index is 1.99. The van der Waals surface area contributed by atoms with Crippen molar-refractivity contribution in [3.8, 4) is 5.75 Å². The Hall–Kier alpha value is -1.68. The normalized spacial score (nSPS) is 10.2. The van der Waals surface area contributed by atoms with Crippen LogP contribution in [0.15, 0.2) is 30.6 Å². The number of aromatic amines is 1. The van der Waals surface area contributed by atoms with Gasteiger partial charge in [0.15, 0.2) is 0 Å². The van der Waals surface area contributed by atoms with E-state index < -0.39 is 0 Å². The molecule has 0 saturated carbocycles. The molecule has 0 bridgehead atoms. The zero-order valence-electron chi connectivity index (χ0n) is 7.90. The molecule has 0 spiro atoms. The van der Waals surface area contributed by atoms with E-state index in [4.69, 9.17) is 22.1 Å². The summed E-state index contributed by atoms with van der Waals surface area (Å²) in [4.78, 5) is 6.76. The van der Waals surface area contributed by atoms with Crippen LogP contribution in [-0.4, -0.2) is 9.97 Å². The van der Waals surface area contributed by atoms with Gasteiger partial charge >= 0.3 is 0 Å². The van der Waals surface area contributed by atoms with E-state index in [2.05, 4.69) is 9.97 Å². The van der Waals surface area contributed by atoms with Gasteiger partial charge in [0.2, 0.25) is 0 Å². The Morgan fingerprint density at radius 3 is 2.67 bits per heavy atom. The molecule has 1 aromatic heterocycles. The summed E-state index contributed by atoms with van der Waals surface area (Å²) in [7, 11) is 0. The predicted octanol–water partition coefficient (Wildman–Crippen LogP) is 2.22. The second-order valence-corrected chi connectivity index (χ2v) is 3.45. The highest BCUT2D eigenvalue weighted by Crippen LogP contribution is 2.17. The Labute approximate surface area is 92.0 Å². The van der Waals surface area contributed by atoms with Crippen molar-refractivity contribution >= 4 is 17.4 Å². The standard InChI is InChI=1S/C10H10ClN3O/c11-7-1-3-8(4-2-7)15-5-9-10(12)14-6-13-9/h1-4,6H,5,12H2,(H,13,14). The summed E-state index contributed by atoms with van der Waals surface area (Å²) in [5.74, 6) is 1.21. The van der Waals surface area contributed by atoms with Gasteiger partial charge in [0, 0.05) is 5.02 Å². The Bertz CT molecular complexity index is 438. The summed E-state index contributed by atoms with van der Waals surface area (Å²) in [5.41, 5.74) is 6.35. The van der Waals surface area contributed by atoms with Crippen molar-refractivity contribution in [2.45, 2.75) is 6.61 Å². The van der Waals surface area contributed by atoms with Gasteiger partial charge < -0.3 is 15.5 Å². The van der Waals surface area contributed by atoms with Crippen LogP contribution in [0.2, 0.25) is 5.02 Å². The Kier molecular flexibility index (Phi) is 2.78. The lowest BCUT2D eigenvalue weighted by Crippen LogP contribution is -1.99. The zero-order valence-corrected chi connectivity index (χ0v) is 8.66. The van der Waals surface area contributed by atoms with Crippen molar-refractivity contribution < 1.29 is 4.74 Å². The fourth-order valence-corrected chi connectivity index (χ4v) is 1.26. The molecule has 3 N–H and O–H groups in total. The van der Waals surface area contributed by atoms with E-state index in [1.807, 2.05) is 0 Å². The number of nitrogens with zero attached hydrogens (tertiary/aromatic N) is 1. The maximum Gasteiger partial charge on any atom is 0.148 e.